The summed E-state index contributed by atoms with van der Waals surface area (Å²) in [5.41, 5.74) is 1.11. The molecule has 0 aromatic heterocycles. The molecular formula is C14H14N2O. The fourth-order valence-electron chi connectivity index (χ4n) is 1.96. The van der Waals surface area contributed by atoms with Gasteiger partial charge in [-0.05, 0) is 31.4 Å². The van der Waals surface area contributed by atoms with Gasteiger partial charge in [-0.3, -0.25) is 4.79 Å². The van der Waals surface area contributed by atoms with Gasteiger partial charge in [-0.15, -0.1) is 0 Å². The summed E-state index contributed by atoms with van der Waals surface area (Å²) in [6.45, 7) is 0. The summed E-state index contributed by atoms with van der Waals surface area (Å²) >= 11 is 0. The van der Waals surface area contributed by atoms with Crippen LogP contribution in [-0.4, -0.2) is 5.91 Å². The molecule has 3 nitrogen and oxygen atoms in total. The van der Waals surface area contributed by atoms with Crippen molar-refractivity contribution >= 4 is 11.6 Å². The van der Waals surface area contributed by atoms with Crippen LogP contribution in [0.2, 0.25) is 0 Å². The van der Waals surface area contributed by atoms with E-state index in [4.69, 9.17) is 5.26 Å². The van der Waals surface area contributed by atoms with Gasteiger partial charge in [0.15, 0.2) is 0 Å². The fraction of sp³-hybridized carbons (Fsp3) is 0.286. The van der Waals surface area contributed by atoms with Gasteiger partial charge in [0.1, 0.15) is 6.07 Å². The molecule has 0 saturated carbocycles. The van der Waals surface area contributed by atoms with Crippen LogP contribution < -0.4 is 5.32 Å². The Hall–Kier alpha value is -2.08. The largest absolute Gasteiger partial charge is 0.325 e. The van der Waals surface area contributed by atoms with Gasteiger partial charge in [0.2, 0.25) is 5.91 Å². The lowest BCUT2D eigenvalue weighted by atomic mass is 9.93. The molecule has 0 fully saturated rings. The zero-order valence-corrected chi connectivity index (χ0v) is 9.52. The number of para-hydroxylation sites is 1. The minimum absolute atomic E-state index is 0.0112. The van der Waals surface area contributed by atoms with Gasteiger partial charge in [0.25, 0.3) is 0 Å². The van der Waals surface area contributed by atoms with Crippen molar-refractivity contribution < 1.29 is 4.79 Å². The maximum atomic E-state index is 12.0. The third-order valence-corrected chi connectivity index (χ3v) is 2.95. The molecule has 0 heterocycles. The van der Waals surface area contributed by atoms with Crippen LogP contribution in [0.15, 0.2) is 36.4 Å². The summed E-state index contributed by atoms with van der Waals surface area (Å²) in [4.78, 5) is 12.0. The number of carbonyl (C=O) groups is 1. The fourth-order valence-corrected chi connectivity index (χ4v) is 1.96. The molecule has 1 N–H and O–H groups in total. The monoisotopic (exact) mass is 226 g/mol. The van der Waals surface area contributed by atoms with Crippen LogP contribution in [0.1, 0.15) is 24.8 Å². The van der Waals surface area contributed by atoms with Gasteiger partial charge < -0.3 is 5.32 Å². The lowest BCUT2D eigenvalue weighted by Gasteiger charge is -2.17. The molecule has 1 aromatic carbocycles. The van der Waals surface area contributed by atoms with E-state index in [1.54, 1.807) is 18.2 Å². The van der Waals surface area contributed by atoms with Gasteiger partial charge in [-0.1, -0.05) is 24.3 Å². The van der Waals surface area contributed by atoms with E-state index in [1.807, 2.05) is 12.1 Å². The minimum atomic E-state index is 0.0112. The molecule has 1 aliphatic carbocycles. The number of allylic oxidation sites excluding steroid dienone is 2. The number of nitriles is 1. The van der Waals surface area contributed by atoms with E-state index in [9.17, 15) is 4.79 Å². The highest BCUT2D eigenvalue weighted by Crippen LogP contribution is 2.21. The minimum Gasteiger partial charge on any atom is -0.325 e. The van der Waals surface area contributed by atoms with Crippen LogP contribution in [0.5, 0.6) is 0 Å². The predicted octanol–water partition coefficient (Wildman–Crippen LogP) is 2.85. The molecule has 0 radical (unpaired) electrons. The lowest BCUT2D eigenvalue weighted by Crippen LogP contribution is -2.23. The lowest BCUT2D eigenvalue weighted by molar-refractivity contribution is -0.120. The number of carbonyl (C=O) groups excluding carboxylic acids is 1. The van der Waals surface area contributed by atoms with Crippen molar-refractivity contribution in [3.8, 4) is 6.07 Å². The Balaban J connectivity index is 2.08. The highest BCUT2D eigenvalue weighted by molar-refractivity contribution is 5.93. The summed E-state index contributed by atoms with van der Waals surface area (Å²) < 4.78 is 0. The van der Waals surface area contributed by atoms with Crippen molar-refractivity contribution in [2.45, 2.75) is 19.3 Å². The number of anilines is 1. The Morgan fingerprint density at radius 3 is 2.88 bits per heavy atom. The highest BCUT2D eigenvalue weighted by Gasteiger charge is 2.19. The molecule has 1 atom stereocenters. The number of amides is 1. The number of hydrogen-bond acceptors (Lipinski definition) is 2. The summed E-state index contributed by atoms with van der Waals surface area (Å²) in [6, 6.07) is 9.14. The smallest absolute Gasteiger partial charge is 0.227 e. The average molecular weight is 226 g/mol. The van der Waals surface area contributed by atoms with Crippen molar-refractivity contribution in [2.24, 2.45) is 5.92 Å². The molecule has 1 aromatic rings. The van der Waals surface area contributed by atoms with Gasteiger partial charge in [0, 0.05) is 5.92 Å². The van der Waals surface area contributed by atoms with Crippen LogP contribution in [-0.2, 0) is 4.79 Å². The normalized spacial score (nSPS) is 18.4. The van der Waals surface area contributed by atoms with Crippen molar-refractivity contribution in [3.63, 3.8) is 0 Å². The van der Waals surface area contributed by atoms with Crippen LogP contribution in [0, 0.1) is 17.2 Å². The molecule has 0 bridgehead atoms. The van der Waals surface area contributed by atoms with E-state index < -0.39 is 0 Å². The topological polar surface area (TPSA) is 52.9 Å². The first-order valence-corrected chi connectivity index (χ1v) is 5.76. The molecule has 0 aliphatic heterocycles. The van der Waals surface area contributed by atoms with Crippen molar-refractivity contribution in [2.75, 3.05) is 5.32 Å². The number of benzene rings is 1. The summed E-state index contributed by atoms with van der Waals surface area (Å²) in [6.07, 6.45) is 6.78. The van der Waals surface area contributed by atoms with Crippen LogP contribution in [0.25, 0.3) is 0 Å². The predicted molar refractivity (Wildman–Crippen MR) is 66.3 cm³/mol. The Bertz CT molecular complexity index is 485. The summed E-state index contributed by atoms with van der Waals surface area (Å²) in [5.74, 6) is 0.0452. The van der Waals surface area contributed by atoms with Crippen LogP contribution in [0.3, 0.4) is 0 Å². The summed E-state index contributed by atoms with van der Waals surface area (Å²) in [7, 11) is 0. The van der Waals surface area contributed by atoms with E-state index >= 15 is 0 Å². The molecule has 86 valence electrons. The number of nitrogens with one attached hydrogen (secondary N) is 1. The second-order valence-corrected chi connectivity index (χ2v) is 4.13. The van der Waals surface area contributed by atoms with Crippen LogP contribution in [0.4, 0.5) is 5.69 Å². The molecule has 1 aliphatic rings. The molecule has 17 heavy (non-hydrogen) atoms. The molecule has 1 amide bonds. The van der Waals surface area contributed by atoms with Crippen molar-refractivity contribution in [1.29, 1.82) is 5.26 Å². The quantitative estimate of drug-likeness (QED) is 0.788. The third kappa shape index (κ3) is 2.73. The van der Waals surface area contributed by atoms with Crippen LogP contribution >= 0.6 is 0 Å². The maximum absolute atomic E-state index is 12.0. The van der Waals surface area contributed by atoms with E-state index in [0.717, 1.165) is 19.3 Å². The molecule has 2 rings (SSSR count). The van der Waals surface area contributed by atoms with E-state index in [-0.39, 0.29) is 11.8 Å². The molecule has 0 unspecified atom stereocenters. The highest BCUT2D eigenvalue weighted by atomic mass is 16.1. The van der Waals surface area contributed by atoms with Crippen molar-refractivity contribution in [1.82, 2.24) is 0 Å². The first kappa shape index (κ1) is 11.4. The van der Waals surface area contributed by atoms with Crippen molar-refractivity contribution in [3.05, 3.63) is 42.0 Å². The number of nitrogens with zero attached hydrogens (tertiary/aromatic N) is 1. The average Bonchev–Trinajstić information content (AvgIpc) is 2.40. The Kier molecular flexibility index (Phi) is 3.56. The first-order valence-electron chi connectivity index (χ1n) is 5.76. The second kappa shape index (κ2) is 5.31. The number of hydrogen-bond donors (Lipinski definition) is 1. The Morgan fingerprint density at radius 2 is 2.18 bits per heavy atom. The molecule has 0 spiro atoms. The SMILES string of the molecule is N#Cc1ccccc1NC(=O)[C@@H]1CC=CCC1. The zero-order chi connectivity index (χ0) is 12.1. The second-order valence-electron chi connectivity index (χ2n) is 4.13. The van der Waals surface area contributed by atoms with Gasteiger partial charge in [0.05, 0.1) is 11.3 Å². The van der Waals surface area contributed by atoms with Gasteiger partial charge in [-0.25, -0.2) is 0 Å². The van der Waals surface area contributed by atoms with E-state index in [2.05, 4.69) is 17.5 Å². The zero-order valence-electron chi connectivity index (χ0n) is 9.52. The number of rotatable bonds is 2. The summed E-state index contributed by atoms with van der Waals surface area (Å²) in [5, 5.41) is 11.8. The molecule has 0 saturated heterocycles. The maximum Gasteiger partial charge on any atom is 0.227 e. The van der Waals surface area contributed by atoms with Gasteiger partial charge in [-0.2, -0.15) is 5.26 Å². The standard InChI is InChI=1S/C14H14N2O/c15-10-12-8-4-5-9-13(12)16-14(17)11-6-2-1-3-7-11/h1-2,4-5,8-9,11H,3,6-7H2,(H,16,17)/t11-/m1/s1. The third-order valence-electron chi connectivity index (χ3n) is 2.95. The Morgan fingerprint density at radius 1 is 1.35 bits per heavy atom. The van der Waals surface area contributed by atoms with Gasteiger partial charge >= 0.3 is 0 Å². The molecule has 3 heteroatoms. The van der Waals surface area contributed by atoms with E-state index in [0.29, 0.717) is 11.3 Å². The Labute approximate surface area is 101 Å². The first-order chi connectivity index (χ1) is 8.31. The van der Waals surface area contributed by atoms with E-state index in [1.165, 1.54) is 0 Å². The molecular weight excluding hydrogens is 212 g/mol.